The van der Waals surface area contributed by atoms with Gasteiger partial charge >= 0.3 is 0 Å². The Kier molecular flexibility index (Phi) is 6.49. The summed E-state index contributed by atoms with van der Waals surface area (Å²) in [5.74, 6) is 0.922. The van der Waals surface area contributed by atoms with Crippen molar-refractivity contribution in [2.24, 2.45) is 0 Å². The van der Waals surface area contributed by atoms with E-state index in [0.29, 0.717) is 6.61 Å². The van der Waals surface area contributed by atoms with Crippen molar-refractivity contribution in [3.8, 4) is 5.75 Å². The molecule has 24 heavy (non-hydrogen) atoms. The van der Waals surface area contributed by atoms with E-state index in [-0.39, 0.29) is 0 Å². The summed E-state index contributed by atoms with van der Waals surface area (Å²) in [5, 5.41) is 3.48. The molecule has 0 amide bonds. The van der Waals surface area contributed by atoms with Crippen LogP contribution in [-0.4, -0.2) is 68.8 Å². The Morgan fingerprint density at radius 1 is 1.21 bits per heavy atom. The third kappa shape index (κ3) is 4.48. The number of hydrogen-bond donors (Lipinski definition) is 1. The maximum Gasteiger partial charge on any atom is 0.124 e. The van der Waals surface area contributed by atoms with Crippen molar-refractivity contribution >= 4 is 0 Å². The molecule has 2 heterocycles. The van der Waals surface area contributed by atoms with E-state index in [1.807, 2.05) is 6.92 Å². The fourth-order valence-corrected chi connectivity index (χ4v) is 3.75. The van der Waals surface area contributed by atoms with Gasteiger partial charge in [-0.15, -0.1) is 0 Å². The third-order valence-corrected chi connectivity index (χ3v) is 5.17. The van der Waals surface area contributed by atoms with Crippen molar-refractivity contribution < 1.29 is 9.47 Å². The highest BCUT2D eigenvalue weighted by Gasteiger charge is 2.25. The van der Waals surface area contributed by atoms with Gasteiger partial charge in [-0.3, -0.25) is 9.80 Å². The molecule has 0 aliphatic carbocycles. The molecular formula is C19H31N3O2. The van der Waals surface area contributed by atoms with E-state index in [4.69, 9.17) is 9.47 Å². The summed E-state index contributed by atoms with van der Waals surface area (Å²) < 4.78 is 11.0. The smallest absolute Gasteiger partial charge is 0.124 e. The van der Waals surface area contributed by atoms with Gasteiger partial charge < -0.3 is 14.8 Å². The number of ether oxygens (including phenoxy) is 2. The van der Waals surface area contributed by atoms with Crippen molar-refractivity contribution in [2.75, 3.05) is 53.0 Å². The number of piperazine rings is 1. The molecule has 0 saturated carbocycles. The lowest BCUT2D eigenvalue weighted by molar-refractivity contribution is 0.0979. The Hall–Kier alpha value is -1.14. The molecule has 134 valence electrons. The van der Waals surface area contributed by atoms with Gasteiger partial charge in [-0.2, -0.15) is 0 Å². The minimum Gasteiger partial charge on any atom is -0.496 e. The van der Waals surface area contributed by atoms with Crippen LogP contribution in [0.15, 0.2) is 18.2 Å². The lowest BCUT2D eigenvalue weighted by Gasteiger charge is -2.37. The quantitative estimate of drug-likeness (QED) is 0.822. The molecule has 1 unspecified atom stereocenters. The van der Waals surface area contributed by atoms with Gasteiger partial charge in [-0.1, -0.05) is 6.07 Å². The average molecular weight is 333 g/mol. The van der Waals surface area contributed by atoms with Crippen LogP contribution in [0.5, 0.6) is 5.75 Å². The molecule has 5 nitrogen and oxygen atoms in total. The summed E-state index contributed by atoms with van der Waals surface area (Å²) in [6.07, 6.45) is 1.30. The van der Waals surface area contributed by atoms with Crippen molar-refractivity contribution in [3.63, 3.8) is 0 Å². The van der Waals surface area contributed by atoms with E-state index in [1.54, 1.807) is 7.11 Å². The molecule has 2 saturated heterocycles. The molecular weight excluding hydrogens is 302 g/mol. The van der Waals surface area contributed by atoms with Gasteiger partial charge in [0.15, 0.2) is 0 Å². The molecule has 5 heteroatoms. The molecule has 0 spiro atoms. The molecule has 0 bridgehead atoms. The molecule has 2 aliphatic rings. The van der Waals surface area contributed by atoms with Crippen molar-refractivity contribution in [1.29, 1.82) is 0 Å². The van der Waals surface area contributed by atoms with Gasteiger partial charge in [0.25, 0.3) is 0 Å². The fraction of sp³-hybridized carbons (Fsp3) is 0.684. The predicted molar refractivity (Wildman–Crippen MR) is 96.4 cm³/mol. The van der Waals surface area contributed by atoms with E-state index < -0.39 is 0 Å². The molecule has 1 aromatic carbocycles. The van der Waals surface area contributed by atoms with Crippen LogP contribution in [0.1, 0.15) is 24.5 Å². The monoisotopic (exact) mass is 333 g/mol. The Morgan fingerprint density at radius 3 is 2.71 bits per heavy atom. The van der Waals surface area contributed by atoms with Gasteiger partial charge in [-0.25, -0.2) is 0 Å². The zero-order valence-corrected chi connectivity index (χ0v) is 15.1. The second-order valence-electron chi connectivity index (χ2n) is 6.74. The minimum absolute atomic E-state index is 0.621. The molecule has 0 radical (unpaired) electrons. The van der Waals surface area contributed by atoms with Gasteiger partial charge in [-0.05, 0) is 37.6 Å². The van der Waals surface area contributed by atoms with Gasteiger partial charge in [0.05, 0.1) is 13.7 Å². The molecule has 2 aliphatic heterocycles. The van der Waals surface area contributed by atoms with Crippen LogP contribution in [0.3, 0.4) is 0 Å². The Bertz CT molecular complexity index is 509. The SMILES string of the molecule is CCOCc1cc(CN2CCN(C3CCNC3)CC2)ccc1OC. The lowest BCUT2D eigenvalue weighted by Crippen LogP contribution is -2.50. The maximum absolute atomic E-state index is 5.57. The number of nitrogens with one attached hydrogen (secondary N) is 1. The van der Waals surface area contributed by atoms with E-state index in [2.05, 4.69) is 33.3 Å². The minimum atomic E-state index is 0.621. The summed E-state index contributed by atoms with van der Waals surface area (Å²) in [5.41, 5.74) is 2.49. The van der Waals surface area contributed by atoms with Crippen molar-refractivity contribution in [3.05, 3.63) is 29.3 Å². The first-order chi connectivity index (χ1) is 11.8. The zero-order valence-electron chi connectivity index (χ0n) is 15.1. The molecule has 1 N–H and O–H groups in total. The molecule has 2 fully saturated rings. The molecule has 3 rings (SSSR count). The Morgan fingerprint density at radius 2 is 2.04 bits per heavy atom. The van der Waals surface area contributed by atoms with Crippen molar-refractivity contribution in [2.45, 2.75) is 32.5 Å². The van der Waals surface area contributed by atoms with Crippen LogP contribution >= 0.6 is 0 Å². The standard InChI is InChI=1S/C19H31N3O2/c1-3-24-15-17-12-16(4-5-19(17)23-2)14-21-8-10-22(11-9-21)18-6-7-20-13-18/h4-5,12,18,20H,3,6-11,13-15H2,1-2H3. The van der Waals surface area contributed by atoms with E-state index in [0.717, 1.165) is 43.6 Å². The Labute approximate surface area is 145 Å². The second-order valence-corrected chi connectivity index (χ2v) is 6.74. The maximum atomic E-state index is 5.57. The van der Waals surface area contributed by atoms with Gasteiger partial charge in [0, 0.05) is 57.5 Å². The number of benzene rings is 1. The van der Waals surface area contributed by atoms with E-state index in [1.165, 1.54) is 38.2 Å². The topological polar surface area (TPSA) is 37.0 Å². The van der Waals surface area contributed by atoms with E-state index >= 15 is 0 Å². The first-order valence-electron chi connectivity index (χ1n) is 9.20. The first-order valence-corrected chi connectivity index (χ1v) is 9.20. The van der Waals surface area contributed by atoms with Crippen LogP contribution in [0, 0.1) is 0 Å². The summed E-state index contributed by atoms with van der Waals surface area (Å²) in [6.45, 7) is 11.4. The van der Waals surface area contributed by atoms with Gasteiger partial charge in [0.2, 0.25) is 0 Å². The highest BCUT2D eigenvalue weighted by molar-refractivity contribution is 5.37. The summed E-state index contributed by atoms with van der Waals surface area (Å²) in [7, 11) is 1.72. The summed E-state index contributed by atoms with van der Waals surface area (Å²) in [4.78, 5) is 5.22. The number of nitrogens with zero attached hydrogens (tertiary/aromatic N) is 2. The third-order valence-electron chi connectivity index (χ3n) is 5.17. The predicted octanol–water partition coefficient (Wildman–Crippen LogP) is 1.71. The molecule has 1 atom stereocenters. The zero-order chi connectivity index (χ0) is 16.8. The largest absolute Gasteiger partial charge is 0.496 e. The van der Waals surface area contributed by atoms with Crippen LogP contribution < -0.4 is 10.1 Å². The second kappa shape index (κ2) is 8.81. The summed E-state index contributed by atoms with van der Waals surface area (Å²) in [6, 6.07) is 7.25. The van der Waals surface area contributed by atoms with Crippen LogP contribution in [0.4, 0.5) is 0 Å². The first kappa shape index (κ1) is 17.7. The molecule has 1 aromatic rings. The van der Waals surface area contributed by atoms with E-state index in [9.17, 15) is 0 Å². The van der Waals surface area contributed by atoms with Crippen LogP contribution in [0.2, 0.25) is 0 Å². The fourth-order valence-electron chi connectivity index (χ4n) is 3.75. The number of methoxy groups -OCH3 is 1. The van der Waals surface area contributed by atoms with Crippen LogP contribution in [-0.2, 0) is 17.9 Å². The number of hydrogen-bond acceptors (Lipinski definition) is 5. The Balaban J connectivity index is 1.54. The average Bonchev–Trinajstić information content (AvgIpc) is 3.15. The lowest BCUT2D eigenvalue weighted by atomic mass is 10.1. The molecule has 0 aromatic heterocycles. The van der Waals surface area contributed by atoms with Crippen molar-refractivity contribution in [1.82, 2.24) is 15.1 Å². The van der Waals surface area contributed by atoms with Gasteiger partial charge in [0.1, 0.15) is 5.75 Å². The van der Waals surface area contributed by atoms with Crippen LogP contribution in [0.25, 0.3) is 0 Å². The summed E-state index contributed by atoms with van der Waals surface area (Å²) >= 11 is 0. The highest BCUT2D eigenvalue weighted by atomic mass is 16.5. The normalized spacial score (nSPS) is 22.8. The number of rotatable bonds is 7. The highest BCUT2D eigenvalue weighted by Crippen LogP contribution is 2.22.